The second-order valence-electron chi connectivity index (χ2n) is 5.38. The molecule has 0 heterocycles. The van der Waals surface area contributed by atoms with Crippen LogP contribution in [-0.2, 0) is 16.0 Å². The lowest BCUT2D eigenvalue weighted by atomic mass is 10.1. The molecule has 104 valence electrons. The third-order valence-electron chi connectivity index (χ3n) is 3.58. The number of hydrogen-bond acceptors (Lipinski definition) is 3. The molecule has 3 N–H and O–H groups in total. The topological polar surface area (TPSA) is 64.3 Å². The number of rotatable bonds is 5. The Kier molecular flexibility index (Phi) is 4.56. The third-order valence-corrected chi connectivity index (χ3v) is 3.58. The number of methoxy groups -OCH3 is 1. The predicted octanol–water partition coefficient (Wildman–Crippen LogP) is 1.40. The lowest BCUT2D eigenvalue weighted by molar-refractivity contribution is -0.123. The summed E-state index contributed by atoms with van der Waals surface area (Å²) in [4.78, 5) is 12.0. The number of nitrogens with one attached hydrogen (secondary N) is 1. The van der Waals surface area contributed by atoms with Gasteiger partial charge < -0.3 is 15.8 Å². The van der Waals surface area contributed by atoms with Crippen LogP contribution in [0.2, 0.25) is 0 Å². The van der Waals surface area contributed by atoms with E-state index in [1.165, 1.54) is 5.56 Å². The fourth-order valence-corrected chi connectivity index (χ4v) is 2.70. The van der Waals surface area contributed by atoms with Crippen molar-refractivity contribution in [1.29, 1.82) is 0 Å². The number of carbonyl (C=O) groups is 1. The van der Waals surface area contributed by atoms with Crippen molar-refractivity contribution < 1.29 is 9.53 Å². The summed E-state index contributed by atoms with van der Waals surface area (Å²) in [6.45, 7) is 2.60. The Balaban J connectivity index is 1.97. The van der Waals surface area contributed by atoms with Crippen LogP contribution in [0.3, 0.4) is 0 Å². The van der Waals surface area contributed by atoms with Gasteiger partial charge in [-0.05, 0) is 23.5 Å². The van der Waals surface area contributed by atoms with Crippen molar-refractivity contribution in [2.75, 3.05) is 13.7 Å². The highest BCUT2D eigenvalue weighted by Crippen LogP contribution is 2.30. The van der Waals surface area contributed by atoms with E-state index in [4.69, 9.17) is 10.5 Å². The number of carbonyl (C=O) groups excluding carboxylic acids is 1. The summed E-state index contributed by atoms with van der Waals surface area (Å²) < 4.78 is 5.05. The molecule has 0 fully saturated rings. The van der Waals surface area contributed by atoms with Gasteiger partial charge in [-0.2, -0.15) is 0 Å². The zero-order valence-electron chi connectivity index (χ0n) is 11.6. The molecule has 1 aliphatic rings. The van der Waals surface area contributed by atoms with E-state index in [2.05, 4.69) is 11.4 Å². The van der Waals surface area contributed by atoms with Crippen molar-refractivity contribution in [3.8, 4) is 0 Å². The van der Waals surface area contributed by atoms with Crippen LogP contribution < -0.4 is 11.1 Å². The predicted molar refractivity (Wildman–Crippen MR) is 74.7 cm³/mol. The lowest BCUT2D eigenvalue weighted by Crippen LogP contribution is -2.39. The van der Waals surface area contributed by atoms with Crippen LogP contribution in [0.1, 0.15) is 30.5 Å². The van der Waals surface area contributed by atoms with Crippen molar-refractivity contribution >= 4 is 5.91 Å². The van der Waals surface area contributed by atoms with E-state index in [0.29, 0.717) is 13.0 Å². The second-order valence-corrected chi connectivity index (χ2v) is 5.38. The number of nitrogens with two attached hydrogens (primary N) is 1. The van der Waals surface area contributed by atoms with Crippen LogP contribution in [-0.4, -0.2) is 25.7 Å². The summed E-state index contributed by atoms with van der Waals surface area (Å²) >= 11 is 0. The average Bonchev–Trinajstić information content (AvgIpc) is 2.66. The number of benzene rings is 1. The largest absolute Gasteiger partial charge is 0.384 e. The Labute approximate surface area is 114 Å². The molecule has 2 rings (SSSR count). The summed E-state index contributed by atoms with van der Waals surface area (Å²) in [6.07, 6.45) is 1.30. The van der Waals surface area contributed by atoms with E-state index < -0.39 is 0 Å². The maximum atomic E-state index is 12.0. The SMILES string of the molecule is COCC(C)CC(=O)NC1c2ccccc2CC1N. The van der Waals surface area contributed by atoms with Crippen molar-refractivity contribution in [3.63, 3.8) is 0 Å². The Morgan fingerprint density at radius 2 is 2.26 bits per heavy atom. The van der Waals surface area contributed by atoms with Crippen molar-refractivity contribution in [3.05, 3.63) is 35.4 Å². The Morgan fingerprint density at radius 1 is 1.53 bits per heavy atom. The average molecular weight is 262 g/mol. The van der Waals surface area contributed by atoms with Gasteiger partial charge in [0.15, 0.2) is 0 Å². The van der Waals surface area contributed by atoms with Gasteiger partial charge in [0.25, 0.3) is 0 Å². The Bertz CT molecular complexity index is 448. The van der Waals surface area contributed by atoms with Crippen LogP contribution in [0.25, 0.3) is 0 Å². The first-order valence-corrected chi connectivity index (χ1v) is 6.73. The van der Waals surface area contributed by atoms with E-state index in [1.807, 2.05) is 25.1 Å². The molecular weight excluding hydrogens is 240 g/mol. The number of ether oxygens (including phenoxy) is 1. The van der Waals surface area contributed by atoms with E-state index in [1.54, 1.807) is 7.11 Å². The number of hydrogen-bond donors (Lipinski definition) is 2. The van der Waals surface area contributed by atoms with Gasteiger partial charge >= 0.3 is 0 Å². The van der Waals surface area contributed by atoms with Crippen LogP contribution in [0.5, 0.6) is 0 Å². The molecular formula is C15H22N2O2. The molecule has 0 aliphatic heterocycles. The lowest BCUT2D eigenvalue weighted by Gasteiger charge is -2.20. The van der Waals surface area contributed by atoms with E-state index in [0.717, 1.165) is 12.0 Å². The van der Waals surface area contributed by atoms with Gasteiger partial charge in [0.05, 0.1) is 6.04 Å². The summed E-state index contributed by atoms with van der Waals surface area (Å²) in [7, 11) is 1.65. The van der Waals surface area contributed by atoms with E-state index in [-0.39, 0.29) is 23.9 Å². The minimum absolute atomic E-state index is 0.0286. The molecule has 0 bridgehead atoms. The molecule has 0 radical (unpaired) electrons. The van der Waals surface area contributed by atoms with Gasteiger partial charge in [-0.15, -0.1) is 0 Å². The summed E-state index contributed by atoms with van der Waals surface area (Å²) in [5.74, 6) is 0.263. The molecule has 1 aliphatic carbocycles. The molecule has 1 aromatic carbocycles. The van der Waals surface area contributed by atoms with Gasteiger partial charge in [0.1, 0.15) is 0 Å². The van der Waals surface area contributed by atoms with Gasteiger partial charge in [-0.25, -0.2) is 0 Å². The first-order chi connectivity index (χ1) is 9.11. The maximum Gasteiger partial charge on any atom is 0.220 e. The molecule has 0 aromatic heterocycles. The highest BCUT2D eigenvalue weighted by Gasteiger charge is 2.30. The Morgan fingerprint density at radius 3 is 3.00 bits per heavy atom. The molecule has 4 nitrogen and oxygen atoms in total. The second kappa shape index (κ2) is 6.17. The van der Waals surface area contributed by atoms with Crippen molar-refractivity contribution in [2.24, 2.45) is 11.7 Å². The molecule has 0 spiro atoms. The fourth-order valence-electron chi connectivity index (χ4n) is 2.70. The van der Waals surface area contributed by atoms with Crippen LogP contribution in [0.15, 0.2) is 24.3 Å². The Hall–Kier alpha value is -1.39. The standard InChI is InChI=1S/C15H22N2O2/c1-10(9-19-2)7-14(18)17-15-12-6-4-3-5-11(12)8-13(15)16/h3-6,10,13,15H,7-9,16H2,1-2H3,(H,17,18). The normalized spacial score (nSPS) is 22.9. The third kappa shape index (κ3) is 3.33. The van der Waals surface area contributed by atoms with Crippen LogP contribution in [0, 0.1) is 5.92 Å². The summed E-state index contributed by atoms with van der Waals surface area (Å²) in [5.41, 5.74) is 8.52. The molecule has 0 saturated heterocycles. The van der Waals surface area contributed by atoms with Crippen molar-refractivity contribution in [2.45, 2.75) is 31.8 Å². The van der Waals surface area contributed by atoms with Crippen LogP contribution >= 0.6 is 0 Å². The summed E-state index contributed by atoms with van der Waals surface area (Å²) in [6, 6.07) is 8.04. The first-order valence-electron chi connectivity index (χ1n) is 6.73. The van der Waals surface area contributed by atoms with E-state index in [9.17, 15) is 4.79 Å². The van der Waals surface area contributed by atoms with Gasteiger partial charge in [-0.3, -0.25) is 4.79 Å². The van der Waals surface area contributed by atoms with Gasteiger partial charge in [-0.1, -0.05) is 31.2 Å². The quantitative estimate of drug-likeness (QED) is 0.843. The highest BCUT2D eigenvalue weighted by atomic mass is 16.5. The van der Waals surface area contributed by atoms with Gasteiger partial charge in [0, 0.05) is 26.2 Å². The van der Waals surface area contributed by atoms with E-state index >= 15 is 0 Å². The monoisotopic (exact) mass is 262 g/mol. The highest BCUT2D eigenvalue weighted by molar-refractivity contribution is 5.77. The maximum absolute atomic E-state index is 12.0. The fraction of sp³-hybridized carbons (Fsp3) is 0.533. The first kappa shape index (κ1) is 14.0. The molecule has 3 atom stereocenters. The summed E-state index contributed by atoms with van der Waals surface area (Å²) in [5, 5.41) is 3.05. The minimum Gasteiger partial charge on any atom is -0.384 e. The zero-order valence-corrected chi connectivity index (χ0v) is 11.6. The number of amides is 1. The molecule has 1 aromatic rings. The zero-order chi connectivity index (χ0) is 13.8. The minimum atomic E-state index is -0.0570. The molecule has 4 heteroatoms. The van der Waals surface area contributed by atoms with Crippen molar-refractivity contribution in [1.82, 2.24) is 5.32 Å². The molecule has 1 amide bonds. The molecule has 0 saturated carbocycles. The van der Waals surface area contributed by atoms with Gasteiger partial charge in [0.2, 0.25) is 5.91 Å². The van der Waals surface area contributed by atoms with Crippen LogP contribution in [0.4, 0.5) is 0 Å². The molecule has 3 unspecified atom stereocenters. The smallest absolute Gasteiger partial charge is 0.220 e. The number of fused-ring (bicyclic) bond motifs is 1. The molecule has 19 heavy (non-hydrogen) atoms.